The Morgan fingerprint density at radius 1 is 1.18 bits per heavy atom. The summed E-state index contributed by atoms with van der Waals surface area (Å²) in [6.07, 6.45) is 0. The standard InChI is InChI=1S/C9H11FO/c1-6-7(2)9(11-3)5-4-8(6)10/h4-5H,1-3H3. The van der Waals surface area contributed by atoms with Gasteiger partial charge in [-0.05, 0) is 37.1 Å². The van der Waals surface area contributed by atoms with Gasteiger partial charge in [-0.3, -0.25) is 0 Å². The number of hydrogen-bond acceptors (Lipinski definition) is 1. The Morgan fingerprint density at radius 2 is 1.82 bits per heavy atom. The maximum Gasteiger partial charge on any atom is 0.126 e. The molecule has 1 aromatic rings. The first-order valence-corrected chi connectivity index (χ1v) is 3.46. The van der Waals surface area contributed by atoms with Crippen LogP contribution in [0.15, 0.2) is 12.1 Å². The molecule has 1 rings (SSSR count). The minimum absolute atomic E-state index is 0.177. The molecular weight excluding hydrogens is 143 g/mol. The van der Waals surface area contributed by atoms with Crippen LogP contribution in [0.3, 0.4) is 0 Å². The smallest absolute Gasteiger partial charge is 0.126 e. The molecule has 2 heteroatoms. The molecule has 11 heavy (non-hydrogen) atoms. The van der Waals surface area contributed by atoms with Crippen molar-refractivity contribution in [3.8, 4) is 5.75 Å². The lowest BCUT2D eigenvalue weighted by Crippen LogP contribution is -1.92. The summed E-state index contributed by atoms with van der Waals surface area (Å²) in [5.74, 6) is 0.562. The third kappa shape index (κ3) is 1.34. The Hall–Kier alpha value is -1.05. The maximum absolute atomic E-state index is 12.8. The highest BCUT2D eigenvalue weighted by Gasteiger charge is 2.04. The Bertz CT molecular complexity index is 269. The maximum atomic E-state index is 12.8. The first kappa shape index (κ1) is 8.05. The molecule has 0 bridgehead atoms. The quantitative estimate of drug-likeness (QED) is 0.603. The van der Waals surface area contributed by atoms with Gasteiger partial charge in [0.05, 0.1) is 7.11 Å². The summed E-state index contributed by atoms with van der Waals surface area (Å²) in [7, 11) is 1.58. The third-order valence-electron chi connectivity index (χ3n) is 1.89. The SMILES string of the molecule is COc1ccc(F)c(C)c1C. The average Bonchev–Trinajstić information content (AvgIpc) is 2.01. The third-order valence-corrected chi connectivity index (χ3v) is 1.89. The second kappa shape index (κ2) is 2.91. The number of halogens is 1. The molecule has 0 radical (unpaired) electrons. The highest BCUT2D eigenvalue weighted by atomic mass is 19.1. The van der Waals surface area contributed by atoms with E-state index >= 15 is 0 Å². The van der Waals surface area contributed by atoms with Crippen molar-refractivity contribution in [1.29, 1.82) is 0 Å². The van der Waals surface area contributed by atoms with Gasteiger partial charge in [-0.2, -0.15) is 0 Å². The van der Waals surface area contributed by atoms with Crippen LogP contribution in [0.25, 0.3) is 0 Å². The lowest BCUT2D eigenvalue weighted by Gasteiger charge is -2.06. The molecule has 0 aliphatic carbocycles. The van der Waals surface area contributed by atoms with E-state index < -0.39 is 0 Å². The fourth-order valence-electron chi connectivity index (χ4n) is 0.984. The Kier molecular flexibility index (Phi) is 2.13. The molecule has 0 aliphatic heterocycles. The van der Waals surface area contributed by atoms with Crippen LogP contribution in [0.2, 0.25) is 0 Å². The lowest BCUT2D eigenvalue weighted by molar-refractivity contribution is 0.409. The zero-order valence-corrected chi connectivity index (χ0v) is 6.94. The van der Waals surface area contributed by atoms with Crippen LogP contribution in [0.4, 0.5) is 4.39 Å². The predicted molar refractivity (Wildman–Crippen MR) is 42.4 cm³/mol. The summed E-state index contributed by atoms with van der Waals surface area (Å²) in [6, 6.07) is 3.05. The van der Waals surface area contributed by atoms with Crippen LogP contribution in [0.1, 0.15) is 11.1 Å². The largest absolute Gasteiger partial charge is 0.496 e. The highest BCUT2D eigenvalue weighted by Crippen LogP contribution is 2.22. The first-order valence-electron chi connectivity index (χ1n) is 3.46. The molecule has 0 heterocycles. The molecule has 0 aliphatic rings. The van der Waals surface area contributed by atoms with E-state index in [1.54, 1.807) is 20.1 Å². The van der Waals surface area contributed by atoms with Crippen LogP contribution in [0.5, 0.6) is 5.75 Å². The molecule has 0 saturated heterocycles. The minimum Gasteiger partial charge on any atom is -0.496 e. The van der Waals surface area contributed by atoms with Crippen molar-refractivity contribution >= 4 is 0 Å². The van der Waals surface area contributed by atoms with Crippen LogP contribution in [-0.2, 0) is 0 Å². The number of hydrogen-bond donors (Lipinski definition) is 0. The first-order chi connectivity index (χ1) is 5.16. The van der Waals surface area contributed by atoms with Gasteiger partial charge in [0.25, 0.3) is 0 Å². The van der Waals surface area contributed by atoms with Crippen molar-refractivity contribution in [3.05, 3.63) is 29.1 Å². The summed E-state index contributed by atoms with van der Waals surface area (Å²) in [6.45, 7) is 3.59. The van der Waals surface area contributed by atoms with Gasteiger partial charge in [0.2, 0.25) is 0 Å². The molecule has 1 aromatic carbocycles. The number of rotatable bonds is 1. The van der Waals surface area contributed by atoms with Gasteiger partial charge in [0, 0.05) is 0 Å². The fourth-order valence-corrected chi connectivity index (χ4v) is 0.984. The predicted octanol–water partition coefficient (Wildman–Crippen LogP) is 2.45. The van der Waals surface area contributed by atoms with E-state index in [1.807, 2.05) is 6.92 Å². The summed E-state index contributed by atoms with van der Waals surface area (Å²) in [5.41, 5.74) is 1.52. The molecule has 60 valence electrons. The average molecular weight is 154 g/mol. The molecule has 0 aromatic heterocycles. The van der Waals surface area contributed by atoms with E-state index in [4.69, 9.17) is 4.74 Å². The molecule has 0 atom stereocenters. The van der Waals surface area contributed by atoms with Crippen molar-refractivity contribution in [3.63, 3.8) is 0 Å². The fraction of sp³-hybridized carbons (Fsp3) is 0.333. The van der Waals surface area contributed by atoms with Crippen LogP contribution >= 0.6 is 0 Å². The van der Waals surface area contributed by atoms with E-state index in [2.05, 4.69) is 0 Å². The van der Waals surface area contributed by atoms with Crippen LogP contribution in [-0.4, -0.2) is 7.11 Å². The number of benzene rings is 1. The summed E-state index contributed by atoms with van der Waals surface area (Å²) in [5, 5.41) is 0. The van der Waals surface area contributed by atoms with Crippen LogP contribution in [0, 0.1) is 19.7 Å². The molecular formula is C9H11FO. The molecule has 0 amide bonds. The van der Waals surface area contributed by atoms with Gasteiger partial charge in [0.1, 0.15) is 11.6 Å². The summed E-state index contributed by atoms with van der Waals surface area (Å²) < 4.78 is 17.9. The Balaban J connectivity index is 3.25. The van der Waals surface area contributed by atoms with Crippen molar-refractivity contribution < 1.29 is 9.13 Å². The second-order valence-electron chi connectivity index (χ2n) is 2.50. The van der Waals surface area contributed by atoms with E-state index in [9.17, 15) is 4.39 Å². The minimum atomic E-state index is -0.177. The topological polar surface area (TPSA) is 9.23 Å². The molecule has 0 spiro atoms. The normalized spacial score (nSPS) is 9.82. The van der Waals surface area contributed by atoms with Gasteiger partial charge in [-0.25, -0.2) is 4.39 Å². The lowest BCUT2D eigenvalue weighted by atomic mass is 10.1. The van der Waals surface area contributed by atoms with Crippen molar-refractivity contribution in [1.82, 2.24) is 0 Å². The van der Waals surface area contributed by atoms with Crippen LogP contribution < -0.4 is 4.74 Å². The van der Waals surface area contributed by atoms with Gasteiger partial charge in [-0.15, -0.1) is 0 Å². The van der Waals surface area contributed by atoms with E-state index in [1.165, 1.54) is 6.07 Å². The van der Waals surface area contributed by atoms with Crippen molar-refractivity contribution in [2.45, 2.75) is 13.8 Å². The summed E-state index contributed by atoms with van der Waals surface area (Å²) in [4.78, 5) is 0. The molecule has 0 N–H and O–H groups in total. The Labute approximate surface area is 65.8 Å². The van der Waals surface area contributed by atoms with Crippen molar-refractivity contribution in [2.24, 2.45) is 0 Å². The van der Waals surface area contributed by atoms with E-state index in [-0.39, 0.29) is 5.82 Å². The number of methoxy groups -OCH3 is 1. The summed E-state index contributed by atoms with van der Waals surface area (Å²) >= 11 is 0. The zero-order valence-electron chi connectivity index (χ0n) is 6.94. The molecule has 0 saturated carbocycles. The number of ether oxygens (including phenoxy) is 1. The van der Waals surface area contributed by atoms with Gasteiger partial charge >= 0.3 is 0 Å². The second-order valence-corrected chi connectivity index (χ2v) is 2.50. The molecule has 0 unspecified atom stereocenters. The molecule has 1 nitrogen and oxygen atoms in total. The molecule has 0 fully saturated rings. The van der Waals surface area contributed by atoms with Crippen molar-refractivity contribution in [2.75, 3.05) is 7.11 Å². The Morgan fingerprint density at radius 3 is 2.36 bits per heavy atom. The zero-order chi connectivity index (χ0) is 8.43. The highest BCUT2D eigenvalue weighted by molar-refractivity contribution is 5.39. The van der Waals surface area contributed by atoms with E-state index in [0.29, 0.717) is 5.56 Å². The van der Waals surface area contributed by atoms with E-state index in [0.717, 1.165) is 11.3 Å². The van der Waals surface area contributed by atoms with Gasteiger partial charge in [0.15, 0.2) is 0 Å². The van der Waals surface area contributed by atoms with Gasteiger partial charge < -0.3 is 4.74 Å². The van der Waals surface area contributed by atoms with Gasteiger partial charge in [-0.1, -0.05) is 0 Å². The monoisotopic (exact) mass is 154 g/mol.